The second-order valence-corrected chi connectivity index (χ2v) is 5.76. The molecule has 3 nitrogen and oxygen atoms in total. The number of hydrogen-bond acceptors (Lipinski definition) is 3. The topological polar surface area (TPSA) is 24.5 Å². The average molecular weight is 240 g/mol. The van der Waals surface area contributed by atoms with Crippen LogP contribution in [0, 0.1) is 5.92 Å². The van der Waals surface area contributed by atoms with Crippen molar-refractivity contribution in [2.24, 2.45) is 5.92 Å². The molecule has 0 saturated carbocycles. The van der Waals surface area contributed by atoms with E-state index in [0.717, 1.165) is 25.5 Å². The summed E-state index contributed by atoms with van der Waals surface area (Å²) in [5.41, 5.74) is 0. The van der Waals surface area contributed by atoms with Crippen LogP contribution < -0.4 is 5.32 Å². The van der Waals surface area contributed by atoms with E-state index >= 15 is 0 Å². The van der Waals surface area contributed by atoms with Crippen LogP contribution in [-0.4, -0.2) is 49.8 Å². The Morgan fingerprint density at radius 1 is 1.41 bits per heavy atom. The van der Waals surface area contributed by atoms with Gasteiger partial charge in [0.15, 0.2) is 0 Å². The highest BCUT2D eigenvalue weighted by Gasteiger charge is 2.23. The van der Waals surface area contributed by atoms with E-state index in [-0.39, 0.29) is 0 Å². The molecule has 0 radical (unpaired) electrons. The van der Waals surface area contributed by atoms with Crippen molar-refractivity contribution in [2.45, 2.75) is 51.7 Å². The van der Waals surface area contributed by atoms with Crippen LogP contribution in [0.3, 0.4) is 0 Å². The fourth-order valence-corrected chi connectivity index (χ4v) is 3.15. The van der Waals surface area contributed by atoms with Crippen LogP contribution in [0.5, 0.6) is 0 Å². The maximum absolute atomic E-state index is 5.84. The summed E-state index contributed by atoms with van der Waals surface area (Å²) in [6, 6.07) is 0.707. The molecule has 2 rings (SSSR count). The molecule has 2 saturated heterocycles. The average Bonchev–Trinajstić information content (AvgIpc) is 2.54. The first-order chi connectivity index (χ1) is 8.28. The summed E-state index contributed by atoms with van der Waals surface area (Å²) in [5, 5.41) is 3.54. The van der Waals surface area contributed by atoms with Crippen molar-refractivity contribution in [3.63, 3.8) is 0 Å². The molecule has 3 atom stereocenters. The zero-order chi connectivity index (χ0) is 12.1. The van der Waals surface area contributed by atoms with Crippen molar-refractivity contribution in [2.75, 3.05) is 32.8 Å². The minimum atomic E-state index is 0.469. The molecule has 0 amide bonds. The van der Waals surface area contributed by atoms with Gasteiger partial charge in [-0.3, -0.25) is 0 Å². The molecule has 17 heavy (non-hydrogen) atoms. The molecular weight excluding hydrogens is 212 g/mol. The zero-order valence-electron chi connectivity index (χ0n) is 11.5. The Labute approximate surface area is 106 Å². The van der Waals surface area contributed by atoms with Gasteiger partial charge in [0.1, 0.15) is 0 Å². The van der Waals surface area contributed by atoms with Crippen LogP contribution in [0.4, 0.5) is 0 Å². The van der Waals surface area contributed by atoms with Gasteiger partial charge >= 0.3 is 0 Å². The molecule has 3 heteroatoms. The largest absolute Gasteiger partial charge is 0.377 e. The van der Waals surface area contributed by atoms with E-state index in [1.165, 1.54) is 38.9 Å². The minimum absolute atomic E-state index is 0.469. The van der Waals surface area contributed by atoms with Crippen molar-refractivity contribution in [1.29, 1.82) is 0 Å². The normalized spacial score (nSPS) is 36.7. The molecule has 2 aliphatic rings. The van der Waals surface area contributed by atoms with Crippen LogP contribution in [0.15, 0.2) is 0 Å². The van der Waals surface area contributed by atoms with Crippen molar-refractivity contribution < 1.29 is 4.74 Å². The number of ether oxygens (including phenoxy) is 1. The first-order valence-corrected chi connectivity index (χ1v) is 7.35. The summed E-state index contributed by atoms with van der Waals surface area (Å²) >= 11 is 0. The fourth-order valence-electron chi connectivity index (χ4n) is 3.15. The molecular formula is C14H28N2O. The Hall–Kier alpha value is -0.120. The minimum Gasteiger partial charge on any atom is -0.377 e. The lowest BCUT2D eigenvalue weighted by Gasteiger charge is -2.33. The first-order valence-electron chi connectivity index (χ1n) is 7.35. The molecule has 0 bridgehead atoms. The predicted octanol–water partition coefficient (Wildman–Crippen LogP) is 1.88. The summed E-state index contributed by atoms with van der Waals surface area (Å²) < 4.78 is 5.84. The van der Waals surface area contributed by atoms with Gasteiger partial charge in [-0.25, -0.2) is 0 Å². The third-order valence-electron chi connectivity index (χ3n) is 4.14. The lowest BCUT2D eigenvalue weighted by Crippen LogP contribution is -2.42. The summed E-state index contributed by atoms with van der Waals surface area (Å²) in [5.74, 6) is 0.891. The predicted molar refractivity (Wildman–Crippen MR) is 71.3 cm³/mol. The number of rotatable bonds is 3. The number of piperidine rings is 1. The molecule has 0 aromatic heterocycles. The van der Waals surface area contributed by atoms with Crippen molar-refractivity contribution in [1.82, 2.24) is 10.2 Å². The highest BCUT2D eigenvalue weighted by atomic mass is 16.5. The lowest BCUT2D eigenvalue weighted by molar-refractivity contribution is 0.0487. The van der Waals surface area contributed by atoms with E-state index in [9.17, 15) is 0 Å². The van der Waals surface area contributed by atoms with Gasteiger partial charge < -0.3 is 15.0 Å². The standard InChI is InChI=1S/C14H28N2O/c1-3-14-11-16(7-4-8-17-14)10-13-5-6-15-12(2)9-13/h12-15H,3-11H2,1-2H3. The fraction of sp³-hybridized carbons (Fsp3) is 1.00. The Balaban J connectivity index is 1.79. The highest BCUT2D eigenvalue weighted by Crippen LogP contribution is 2.19. The van der Waals surface area contributed by atoms with E-state index in [4.69, 9.17) is 4.74 Å². The molecule has 1 N–H and O–H groups in total. The third kappa shape index (κ3) is 4.23. The van der Waals surface area contributed by atoms with Gasteiger partial charge in [0.2, 0.25) is 0 Å². The van der Waals surface area contributed by atoms with E-state index in [1.807, 2.05) is 0 Å². The SMILES string of the molecule is CCC1CN(CC2CCNC(C)C2)CCCO1. The molecule has 2 aliphatic heterocycles. The Morgan fingerprint density at radius 2 is 2.29 bits per heavy atom. The lowest BCUT2D eigenvalue weighted by atomic mass is 9.92. The van der Waals surface area contributed by atoms with Gasteiger partial charge in [0.05, 0.1) is 6.10 Å². The van der Waals surface area contributed by atoms with Gasteiger partial charge in [-0.2, -0.15) is 0 Å². The molecule has 3 unspecified atom stereocenters. The summed E-state index contributed by atoms with van der Waals surface area (Å²) in [6.07, 6.45) is 5.51. The van der Waals surface area contributed by atoms with Crippen molar-refractivity contribution in [3.05, 3.63) is 0 Å². The first kappa shape index (κ1) is 13.3. The van der Waals surface area contributed by atoms with Gasteiger partial charge in [-0.1, -0.05) is 6.92 Å². The summed E-state index contributed by atoms with van der Waals surface area (Å²) in [7, 11) is 0. The van der Waals surface area contributed by atoms with Gasteiger partial charge in [0, 0.05) is 32.3 Å². The van der Waals surface area contributed by atoms with Crippen LogP contribution in [0.1, 0.15) is 39.5 Å². The van der Waals surface area contributed by atoms with Gasteiger partial charge in [-0.05, 0) is 45.1 Å². The zero-order valence-corrected chi connectivity index (χ0v) is 11.5. The van der Waals surface area contributed by atoms with Crippen molar-refractivity contribution in [3.8, 4) is 0 Å². The molecule has 2 fully saturated rings. The number of nitrogens with zero attached hydrogens (tertiary/aromatic N) is 1. The Kier molecular flexibility index (Phi) is 5.26. The Morgan fingerprint density at radius 3 is 3.06 bits per heavy atom. The molecule has 100 valence electrons. The molecule has 0 spiro atoms. The quantitative estimate of drug-likeness (QED) is 0.815. The maximum Gasteiger partial charge on any atom is 0.0699 e. The maximum atomic E-state index is 5.84. The van der Waals surface area contributed by atoms with Crippen LogP contribution in [-0.2, 0) is 4.74 Å². The summed E-state index contributed by atoms with van der Waals surface area (Å²) in [6.45, 7) is 10.4. The third-order valence-corrected chi connectivity index (χ3v) is 4.14. The van der Waals surface area contributed by atoms with Crippen molar-refractivity contribution >= 4 is 0 Å². The van der Waals surface area contributed by atoms with E-state index < -0.39 is 0 Å². The van der Waals surface area contributed by atoms with Crippen LogP contribution in [0.25, 0.3) is 0 Å². The number of nitrogens with one attached hydrogen (secondary N) is 1. The van der Waals surface area contributed by atoms with E-state index in [0.29, 0.717) is 12.1 Å². The number of hydrogen-bond donors (Lipinski definition) is 1. The smallest absolute Gasteiger partial charge is 0.0699 e. The molecule has 0 aliphatic carbocycles. The molecule has 0 aromatic rings. The monoisotopic (exact) mass is 240 g/mol. The van der Waals surface area contributed by atoms with Gasteiger partial charge in [0.25, 0.3) is 0 Å². The second kappa shape index (κ2) is 6.72. The van der Waals surface area contributed by atoms with Crippen LogP contribution >= 0.6 is 0 Å². The highest BCUT2D eigenvalue weighted by molar-refractivity contribution is 4.79. The second-order valence-electron chi connectivity index (χ2n) is 5.76. The molecule has 2 heterocycles. The van der Waals surface area contributed by atoms with Gasteiger partial charge in [-0.15, -0.1) is 0 Å². The van der Waals surface area contributed by atoms with Crippen LogP contribution in [0.2, 0.25) is 0 Å². The Bertz CT molecular complexity index is 222. The van der Waals surface area contributed by atoms with E-state index in [1.54, 1.807) is 0 Å². The summed E-state index contributed by atoms with van der Waals surface area (Å²) in [4.78, 5) is 2.64. The molecule has 0 aromatic carbocycles. The van der Waals surface area contributed by atoms with E-state index in [2.05, 4.69) is 24.1 Å².